The lowest BCUT2D eigenvalue weighted by Gasteiger charge is -2.14. The highest BCUT2D eigenvalue weighted by atomic mass is 16.5. The molecule has 2 N–H and O–H groups in total. The summed E-state index contributed by atoms with van der Waals surface area (Å²) in [4.78, 5) is 4.26. The second kappa shape index (κ2) is 10.2. The summed E-state index contributed by atoms with van der Waals surface area (Å²) in [6.45, 7) is 4.15. The number of nitrogens with one attached hydrogen (secondary N) is 2. The van der Waals surface area contributed by atoms with Gasteiger partial charge in [0.1, 0.15) is 0 Å². The molecule has 0 saturated heterocycles. The van der Waals surface area contributed by atoms with E-state index in [1.54, 1.807) is 14.2 Å². The van der Waals surface area contributed by atoms with Gasteiger partial charge in [-0.15, -0.1) is 0 Å². The first-order chi connectivity index (χ1) is 12.3. The third-order valence-corrected chi connectivity index (χ3v) is 3.68. The summed E-state index contributed by atoms with van der Waals surface area (Å²) in [6, 6.07) is 16.2. The summed E-state index contributed by atoms with van der Waals surface area (Å²) in [5.41, 5.74) is 2.31. The largest absolute Gasteiger partial charge is 0.493 e. The maximum atomic E-state index is 5.69. The number of benzene rings is 2. The lowest BCUT2D eigenvalue weighted by atomic mass is 10.2. The molecule has 0 aliphatic rings. The van der Waals surface area contributed by atoms with Gasteiger partial charge in [-0.1, -0.05) is 43.3 Å². The van der Waals surface area contributed by atoms with Crippen molar-refractivity contribution < 1.29 is 9.47 Å². The van der Waals surface area contributed by atoms with Crippen molar-refractivity contribution in [3.63, 3.8) is 0 Å². The summed E-state index contributed by atoms with van der Waals surface area (Å²) in [5.74, 6) is 2.29. The van der Waals surface area contributed by atoms with E-state index in [-0.39, 0.29) is 0 Å². The molecule has 25 heavy (non-hydrogen) atoms. The van der Waals surface area contributed by atoms with E-state index in [1.165, 1.54) is 5.56 Å². The van der Waals surface area contributed by atoms with Crippen LogP contribution in [0.4, 0.5) is 0 Å². The van der Waals surface area contributed by atoms with Crippen LogP contribution in [0.3, 0.4) is 0 Å². The van der Waals surface area contributed by atoms with E-state index < -0.39 is 0 Å². The molecule has 2 aromatic rings. The Hall–Kier alpha value is -2.69. The molecular formula is C20H27N3O2. The van der Waals surface area contributed by atoms with Gasteiger partial charge in [0.05, 0.1) is 13.7 Å². The maximum Gasteiger partial charge on any atom is 0.191 e. The van der Waals surface area contributed by atoms with Crippen molar-refractivity contribution in [1.82, 2.24) is 10.6 Å². The van der Waals surface area contributed by atoms with Gasteiger partial charge in [0.2, 0.25) is 0 Å². The van der Waals surface area contributed by atoms with Crippen molar-refractivity contribution >= 4 is 5.96 Å². The number of aliphatic imine (C=N–C) groups is 1. The van der Waals surface area contributed by atoms with Crippen molar-refractivity contribution in [3.8, 4) is 11.5 Å². The molecule has 0 heterocycles. The molecule has 0 aliphatic carbocycles. The highest BCUT2D eigenvalue weighted by Crippen LogP contribution is 2.28. The normalized spacial score (nSPS) is 11.1. The van der Waals surface area contributed by atoms with Crippen molar-refractivity contribution in [2.75, 3.05) is 20.8 Å². The SMILES string of the molecule is CCCOc1ccc(CNC(=NC)NCc2ccccc2)cc1OC. The molecule has 0 atom stereocenters. The summed E-state index contributed by atoms with van der Waals surface area (Å²) < 4.78 is 11.1. The molecule has 134 valence electrons. The Kier molecular flexibility index (Phi) is 7.63. The number of guanidine groups is 1. The molecule has 0 aromatic heterocycles. The average Bonchev–Trinajstić information content (AvgIpc) is 2.67. The van der Waals surface area contributed by atoms with Crippen LogP contribution in [0.15, 0.2) is 53.5 Å². The molecule has 0 fully saturated rings. The fraction of sp³-hybridized carbons (Fsp3) is 0.350. The highest BCUT2D eigenvalue weighted by Gasteiger charge is 2.06. The predicted molar refractivity (Wildman–Crippen MR) is 102 cm³/mol. The van der Waals surface area contributed by atoms with E-state index in [0.717, 1.165) is 36.0 Å². The van der Waals surface area contributed by atoms with Gasteiger partial charge in [-0.05, 0) is 29.7 Å². The topological polar surface area (TPSA) is 54.9 Å². The minimum absolute atomic E-state index is 0.652. The van der Waals surface area contributed by atoms with Crippen LogP contribution in [0.5, 0.6) is 11.5 Å². The fourth-order valence-electron chi connectivity index (χ4n) is 2.34. The Bertz CT molecular complexity index is 672. The first kappa shape index (κ1) is 18.6. The van der Waals surface area contributed by atoms with E-state index >= 15 is 0 Å². The maximum absolute atomic E-state index is 5.69. The van der Waals surface area contributed by atoms with Crippen LogP contribution in [0, 0.1) is 0 Å². The van der Waals surface area contributed by atoms with Crippen molar-refractivity contribution in [3.05, 3.63) is 59.7 Å². The Balaban J connectivity index is 1.90. The second-order valence-corrected chi connectivity index (χ2v) is 5.60. The van der Waals surface area contributed by atoms with Gasteiger partial charge in [0.25, 0.3) is 0 Å². The van der Waals surface area contributed by atoms with Crippen LogP contribution in [0.25, 0.3) is 0 Å². The van der Waals surface area contributed by atoms with E-state index in [0.29, 0.717) is 13.2 Å². The molecule has 2 aromatic carbocycles. The Morgan fingerprint density at radius 2 is 1.68 bits per heavy atom. The number of rotatable bonds is 8. The third-order valence-electron chi connectivity index (χ3n) is 3.68. The number of hydrogen-bond donors (Lipinski definition) is 2. The van der Waals surface area contributed by atoms with Gasteiger partial charge in [0, 0.05) is 20.1 Å². The molecule has 0 aliphatic heterocycles. The lowest BCUT2D eigenvalue weighted by Crippen LogP contribution is -2.36. The fourth-order valence-corrected chi connectivity index (χ4v) is 2.34. The third kappa shape index (κ3) is 6.03. The van der Waals surface area contributed by atoms with E-state index in [9.17, 15) is 0 Å². The van der Waals surface area contributed by atoms with Gasteiger partial charge in [0.15, 0.2) is 17.5 Å². The van der Waals surface area contributed by atoms with Crippen LogP contribution in [0.1, 0.15) is 24.5 Å². The molecule has 2 rings (SSSR count). The summed E-state index contributed by atoms with van der Waals surface area (Å²) >= 11 is 0. The zero-order chi connectivity index (χ0) is 17.9. The van der Waals surface area contributed by atoms with Crippen LogP contribution >= 0.6 is 0 Å². The standard InChI is InChI=1S/C20H27N3O2/c1-4-12-25-18-11-10-17(13-19(18)24-3)15-23-20(21-2)22-14-16-8-6-5-7-9-16/h5-11,13H,4,12,14-15H2,1-3H3,(H2,21,22,23). The predicted octanol–water partition coefficient (Wildman–Crippen LogP) is 3.35. The van der Waals surface area contributed by atoms with Crippen molar-refractivity contribution in [1.29, 1.82) is 0 Å². The highest BCUT2D eigenvalue weighted by molar-refractivity contribution is 5.79. The van der Waals surface area contributed by atoms with Crippen molar-refractivity contribution in [2.24, 2.45) is 4.99 Å². The molecule has 0 spiro atoms. The van der Waals surface area contributed by atoms with Gasteiger partial charge in [-0.3, -0.25) is 4.99 Å². The molecule has 0 bridgehead atoms. The van der Waals surface area contributed by atoms with E-state index in [4.69, 9.17) is 9.47 Å². The Morgan fingerprint density at radius 3 is 2.32 bits per heavy atom. The minimum Gasteiger partial charge on any atom is -0.493 e. The molecular weight excluding hydrogens is 314 g/mol. The van der Waals surface area contributed by atoms with Crippen LogP contribution in [0.2, 0.25) is 0 Å². The Labute approximate surface area is 150 Å². The minimum atomic E-state index is 0.652. The summed E-state index contributed by atoms with van der Waals surface area (Å²) in [6.07, 6.45) is 0.968. The monoisotopic (exact) mass is 341 g/mol. The first-order valence-corrected chi connectivity index (χ1v) is 8.55. The molecule has 0 amide bonds. The number of nitrogens with zero attached hydrogens (tertiary/aromatic N) is 1. The number of methoxy groups -OCH3 is 1. The second-order valence-electron chi connectivity index (χ2n) is 5.60. The summed E-state index contributed by atoms with van der Waals surface area (Å²) in [5, 5.41) is 6.62. The molecule has 5 nitrogen and oxygen atoms in total. The summed E-state index contributed by atoms with van der Waals surface area (Å²) in [7, 11) is 3.42. The van der Waals surface area contributed by atoms with Crippen LogP contribution < -0.4 is 20.1 Å². The smallest absolute Gasteiger partial charge is 0.191 e. The quantitative estimate of drug-likeness (QED) is 0.571. The lowest BCUT2D eigenvalue weighted by molar-refractivity contribution is 0.294. The van der Waals surface area contributed by atoms with Crippen molar-refractivity contribution in [2.45, 2.75) is 26.4 Å². The number of hydrogen-bond acceptors (Lipinski definition) is 3. The van der Waals surface area contributed by atoms with Gasteiger partial charge in [-0.25, -0.2) is 0 Å². The molecule has 0 unspecified atom stereocenters. The Morgan fingerprint density at radius 1 is 0.960 bits per heavy atom. The van der Waals surface area contributed by atoms with Gasteiger partial charge < -0.3 is 20.1 Å². The van der Waals surface area contributed by atoms with Crippen LogP contribution in [-0.2, 0) is 13.1 Å². The number of ether oxygens (including phenoxy) is 2. The van der Waals surface area contributed by atoms with Gasteiger partial charge in [-0.2, -0.15) is 0 Å². The molecule has 0 radical (unpaired) electrons. The van der Waals surface area contributed by atoms with E-state index in [1.807, 2.05) is 36.4 Å². The molecule has 0 saturated carbocycles. The average molecular weight is 341 g/mol. The zero-order valence-corrected chi connectivity index (χ0v) is 15.2. The first-order valence-electron chi connectivity index (χ1n) is 8.55. The van der Waals surface area contributed by atoms with Crippen LogP contribution in [-0.4, -0.2) is 26.7 Å². The molecule has 5 heteroatoms. The van der Waals surface area contributed by atoms with E-state index in [2.05, 4.69) is 34.7 Å². The van der Waals surface area contributed by atoms with Gasteiger partial charge >= 0.3 is 0 Å². The zero-order valence-electron chi connectivity index (χ0n) is 15.2.